The van der Waals surface area contributed by atoms with Gasteiger partial charge in [0.05, 0.1) is 4.90 Å². The highest BCUT2D eigenvalue weighted by molar-refractivity contribution is 7.89. The molecule has 0 fully saturated rings. The van der Waals surface area contributed by atoms with Crippen LogP contribution in [0, 0.1) is 0 Å². The molecule has 1 aromatic rings. The van der Waals surface area contributed by atoms with Gasteiger partial charge in [-0.2, -0.15) is 0 Å². The topological polar surface area (TPSA) is 65.5 Å². The fourth-order valence-electron chi connectivity index (χ4n) is 1.62. The van der Waals surface area contributed by atoms with Crippen molar-refractivity contribution in [2.45, 2.75) is 11.3 Å². The van der Waals surface area contributed by atoms with Gasteiger partial charge in [0.1, 0.15) is 5.82 Å². The molecule has 0 aromatic carbocycles. The van der Waals surface area contributed by atoms with E-state index in [1.165, 1.54) is 22.6 Å². The zero-order valence-electron chi connectivity index (χ0n) is 11.9. The Morgan fingerprint density at radius 3 is 2.53 bits per heavy atom. The van der Waals surface area contributed by atoms with E-state index in [0.29, 0.717) is 12.4 Å². The van der Waals surface area contributed by atoms with Gasteiger partial charge in [-0.3, -0.25) is 0 Å². The maximum atomic E-state index is 12.3. The largest absolute Gasteiger partial charge is 0.373 e. The van der Waals surface area contributed by atoms with Gasteiger partial charge in [0.25, 0.3) is 0 Å². The Kier molecular flexibility index (Phi) is 5.71. The molecule has 6 nitrogen and oxygen atoms in total. The maximum absolute atomic E-state index is 12.3. The van der Waals surface area contributed by atoms with E-state index in [-0.39, 0.29) is 4.90 Å². The summed E-state index contributed by atoms with van der Waals surface area (Å²) >= 11 is 0. The van der Waals surface area contributed by atoms with Crippen LogP contribution in [0.1, 0.15) is 6.42 Å². The molecular formula is C12H22N4O2S. The number of nitrogens with one attached hydrogen (secondary N) is 1. The molecule has 19 heavy (non-hydrogen) atoms. The van der Waals surface area contributed by atoms with Crippen molar-refractivity contribution in [1.82, 2.24) is 14.2 Å². The summed E-state index contributed by atoms with van der Waals surface area (Å²) in [5, 5.41) is 2.84. The van der Waals surface area contributed by atoms with Gasteiger partial charge in [-0.1, -0.05) is 0 Å². The van der Waals surface area contributed by atoms with Crippen molar-refractivity contribution in [1.29, 1.82) is 0 Å². The maximum Gasteiger partial charge on any atom is 0.243 e. The van der Waals surface area contributed by atoms with Crippen LogP contribution in [0.5, 0.6) is 0 Å². The standard InChI is InChI=1S/C12H22N4O2S/c1-13-12-10-11(6-7-14-12)19(17,18)16(4)9-5-8-15(2)3/h6-7,10H,5,8-9H2,1-4H3,(H,13,14). The molecule has 0 aliphatic carbocycles. The lowest BCUT2D eigenvalue weighted by atomic mass is 10.4. The number of nitrogens with zero attached hydrogens (tertiary/aromatic N) is 3. The molecule has 0 unspecified atom stereocenters. The zero-order valence-corrected chi connectivity index (χ0v) is 12.7. The number of aromatic nitrogens is 1. The molecule has 7 heteroatoms. The fourth-order valence-corrected chi connectivity index (χ4v) is 2.84. The van der Waals surface area contributed by atoms with Gasteiger partial charge < -0.3 is 10.2 Å². The van der Waals surface area contributed by atoms with Crippen molar-refractivity contribution < 1.29 is 8.42 Å². The predicted octanol–water partition coefficient (Wildman–Crippen LogP) is 0.695. The monoisotopic (exact) mass is 286 g/mol. The van der Waals surface area contributed by atoms with Crippen molar-refractivity contribution in [3.8, 4) is 0 Å². The lowest BCUT2D eigenvalue weighted by Crippen LogP contribution is -2.30. The Morgan fingerprint density at radius 2 is 1.95 bits per heavy atom. The van der Waals surface area contributed by atoms with E-state index in [0.717, 1.165) is 13.0 Å². The molecule has 0 amide bonds. The van der Waals surface area contributed by atoms with Crippen LogP contribution in [-0.2, 0) is 10.0 Å². The molecule has 0 atom stereocenters. The average molecular weight is 286 g/mol. The van der Waals surface area contributed by atoms with E-state index < -0.39 is 10.0 Å². The zero-order chi connectivity index (χ0) is 14.5. The molecule has 0 aliphatic heterocycles. The second-order valence-electron chi connectivity index (χ2n) is 4.61. The molecule has 1 N–H and O–H groups in total. The van der Waals surface area contributed by atoms with Crippen LogP contribution in [0.15, 0.2) is 23.2 Å². The Bertz CT molecular complexity index is 502. The summed E-state index contributed by atoms with van der Waals surface area (Å²) in [6, 6.07) is 3.05. The van der Waals surface area contributed by atoms with E-state index in [1.807, 2.05) is 19.0 Å². The molecule has 0 radical (unpaired) electrons. The van der Waals surface area contributed by atoms with Gasteiger partial charge in [0.2, 0.25) is 10.0 Å². The lowest BCUT2D eigenvalue weighted by Gasteiger charge is -2.18. The molecule has 1 rings (SSSR count). The first kappa shape index (κ1) is 15.9. The highest BCUT2D eigenvalue weighted by atomic mass is 32.2. The third-order valence-corrected chi connectivity index (χ3v) is 4.63. The smallest absolute Gasteiger partial charge is 0.243 e. The molecular weight excluding hydrogens is 264 g/mol. The molecule has 0 spiro atoms. The molecule has 0 saturated heterocycles. The van der Waals surface area contributed by atoms with E-state index in [1.54, 1.807) is 14.1 Å². The number of rotatable bonds is 7. The third kappa shape index (κ3) is 4.45. The van der Waals surface area contributed by atoms with Crippen molar-refractivity contribution >= 4 is 15.8 Å². The number of pyridine rings is 1. The van der Waals surface area contributed by atoms with Crippen LogP contribution < -0.4 is 5.32 Å². The van der Waals surface area contributed by atoms with Gasteiger partial charge in [0.15, 0.2) is 0 Å². The first-order valence-electron chi connectivity index (χ1n) is 6.13. The summed E-state index contributed by atoms with van der Waals surface area (Å²) in [6.45, 7) is 1.36. The van der Waals surface area contributed by atoms with Crippen LogP contribution in [0.3, 0.4) is 0 Å². The van der Waals surface area contributed by atoms with E-state index in [2.05, 4.69) is 10.3 Å². The number of anilines is 1. The summed E-state index contributed by atoms with van der Waals surface area (Å²) < 4.78 is 26.0. The molecule has 1 heterocycles. The minimum absolute atomic E-state index is 0.263. The molecule has 108 valence electrons. The van der Waals surface area contributed by atoms with Gasteiger partial charge in [-0.05, 0) is 33.1 Å². The lowest BCUT2D eigenvalue weighted by molar-refractivity contribution is 0.370. The van der Waals surface area contributed by atoms with Gasteiger partial charge in [-0.25, -0.2) is 17.7 Å². The molecule has 0 bridgehead atoms. The van der Waals surface area contributed by atoms with Crippen LogP contribution >= 0.6 is 0 Å². The third-order valence-electron chi connectivity index (χ3n) is 2.77. The number of hydrogen-bond donors (Lipinski definition) is 1. The summed E-state index contributed by atoms with van der Waals surface area (Å²) in [5.74, 6) is 0.544. The normalized spacial score (nSPS) is 12.1. The van der Waals surface area contributed by atoms with Gasteiger partial charge in [-0.15, -0.1) is 0 Å². The van der Waals surface area contributed by atoms with Crippen molar-refractivity contribution in [2.24, 2.45) is 0 Å². The first-order valence-corrected chi connectivity index (χ1v) is 7.57. The Hall–Kier alpha value is -1.18. The Morgan fingerprint density at radius 1 is 1.26 bits per heavy atom. The van der Waals surface area contributed by atoms with Crippen molar-refractivity contribution in [3.05, 3.63) is 18.3 Å². The van der Waals surface area contributed by atoms with Crippen molar-refractivity contribution in [3.63, 3.8) is 0 Å². The summed E-state index contributed by atoms with van der Waals surface area (Å²) in [5.41, 5.74) is 0. The van der Waals surface area contributed by atoms with Gasteiger partial charge >= 0.3 is 0 Å². The highest BCUT2D eigenvalue weighted by Crippen LogP contribution is 2.16. The summed E-state index contributed by atoms with van der Waals surface area (Å²) in [7, 11) is 3.81. The second kappa shape index (κ2) is 6.83. The minimum Gasteiger partial charge on any atom is -0.373 e. The fraction of sp³-hybridized carbons (Fsp3) is 0.583. The van der Waals surface area contributed by atoms with Crippen LogP contribution in [0.4, 0.5) is 5.82 Å². The first-order chi connectivity index (χ1) is 8.87. The van der Waals surface area contributed by atoms with E-state index >= 15 is 0 Å². The molecule has 1 aromatic heterocycles. The van der Waals surface area contributed by atoms with Crippen LogP contribution in [0.25, 0.3) is 0 Å². The van der Waals surface area contributed by atoms with Crippen molar-refractivity contribution in [2.75, 3.05) is 46.6 Å². The van der Waals surface area contributed by atoms with E-state index in [4.69, 9.17) is 0 Å². The SMILES string of the molecule is CNc1cc(S(=O)(=O)N(C)CCCN(C)C)ccn1. The highest BCUT2D eigenvalue weighted by Gasteiger charge is 2.20. The predicted molar refractivity (Wildman–Crippen MR) is 76.8 cm³/mol. The number of sulfonamides is 1. The quantitative estimate of drug-likeness (QED) is 0.799. The molecule has 0 saturated carbocycles. The number of hydrogen-bond acceptors (Lipinski definition) is 5. The second-order valence-corrected chi connectivity index (χ2v) is 6.66. The Labute approximate surface area is 115 Å². The summed E-state index contributed by atoms with van der Waals surface area (Å²) in [6.07, 6.45) is 2.29. The Balaban J connectivity index is 2.78. The van der Waals surface area contributed by atoms with Crippen LogP contribution in [0.2, 0.25) is 0 Å². The van der Waals surface area contributed by atoms with E-state index in [9.17, 15) is 8.42 Å². The average Bonchev–Trinajstić information content (AvgIpc) is 2.38. The van der Waals surface area contributed by atoms with Gasteiger partial charge in [0, 0.05) is 32.9 Å². The van der Waals surface area contributed by atoms with Crippen LogP contribution in [-0.4, -0.2) is 63.9 Å². The minimum atomic E-state index is -3.43. The molecule has 0 aliphatic rings. The summed E-state index contributed by atoms with van der Waals surface area (Å²) in [4.78, 5) is 6.31.